The van der Waals surface area contributed by atoms with Crippen molar-refractivity contribution in [3.8, 4) is 5.75 Å². The first kappa shape index (κ1) is 19.0. The van der Waals surface area contributed by atoms with Crippen LogP contribution in [0, 0.1) is 5.92 Å². The molecule has 0 aliphatic carbocycles. The summed E-state index contributed by atoms with van der Waals surface area (Å²) < 4.78 is 6.16. The lowest BCUT2D eigenvalue weighted by molar-refractivity contribution is -0.118. The highest BCUT2D eigenvalue weighted by Crippen LogP contribution is 2.26. The summed E-state index contributed by atoms with van der Waals surface area (Å²) in [6, 6.07) is 12.2. The average molecular weight is 405 g/mol. The second kappa shape index (κ2) is 8.67. The van der Waals surface area contributed by atoms with Crippen LogP contribution >= 0.6 is 15.9 Å². The Hall–Kier alpha value is -2.34. The standard InChI is InChI=1S/C19H21BrN2O3/c1-4-25-17-9-8-13(10-16(17)20)19(24)22-15-7-5-6-14(11-15)21-18(23)12(2)3/h5-12H,4H2,1-3H3,(H,21,23)(H,22,24). The molecule has 0 heterocycles. The van der Waals surface area contributed by atoms with Gasteiger partial charge in [0, 0.05) is 22.9 Å². The minimum absolute atomic E-state index is 0.0704. The molecule has 0 atom stereocenters. The molecule has 0 aliphatic rings. The summed E-state index contributed by atoms with van der Waals surface area (Å²) in [5.41, 5.74) is 1.76. The zero-order valence-corrected chi connectivity index (χ0v) is 16.0. The van der Waals surface area contributed by atoms with E-state index in [1.54, 1.807) is 42.5 Å². The molecule has 0 unspecified atom stereocenters. The highest BCUT2D eigenvalue weighted by atomic mass is 79.9. The molecule has 0 radical (unpaired) electrons. The van der Waals surface area contributed by atoms with E-state index in [1.807, 2.05) is 20.8 Å². The lowest BCUT2D eigenvalue weighted by Crippen LogP contribution is -2.18. The fraction of sp³-hybridized carbons (Fsp3) is 0.263. The maximum atomic E-state index is 12.4. The Labute approximate surface area is 155 Å². The van der Waals surface area contributed by atoms with Gasteiger partial charge in [0.05, 0.1) is 11.1 Å². The number of hydrogen-bond acceptors (Lipinski definition) is 3. The summed E-state index contributed by atoms with van der Waals surface area (Å²) in [6.07, 6.45) is 0. The summed E-state index contributed by atoms with van der Waals surface area (Å²) in [4.78, 5) is 24.2. The molecule has 2 aromatic rings. The van der Waals surface area contributed by atoms with Crippen molar-refractivity contribution in [2.24, 2.45) is 5.92 Å². The fourth-order valence-electron chi connectivity index (χ4n) is 2.08. The van der Waals surface area contributed by atoms with Crippen LogP contribution in [0.3, 0.4) is 0 Å². The maximum absolute atomic E-state index is 12.4. The van der Waals surface area contributed by atoms with Crippen molar-refractivity contribution in [2.75, 3.05) is 17.2 Å². The van der Waals surface area contributed by atoms with Gasteiger partial charge in [-0.15, -0.1) is 0 Å². The molecule has 0 saturated heterocycles. The Balaban J connectivity index is 2.10. The molecule has 2 aromatic carbocycles. The van der Waals surface area contributed by atoms with Gasteiger partial charge in [-0.25, -0.2) is 0 Å². The van der Waals surface area contributed by atoms with Crippen molar-refractivity contribution in [3.05, 3.63) is 52.5 Å². The van der Waals surface area contributed by atoms with Crippen molar-refractivity contribution in [1.82, 2.24) is 0 Å². The number of rotatable bonds is 6. The Kier molecular flexibility index (Phi) is 6.58. The van der Waals surface area contributed by atoms with Crippen molar-refractivity contribution in [3.63, 3.8) is 0 Å². The number of benzene rings is 2. The maximum Gasteiger partial charge on any atom is 0.255 e. The Morgan fingerprint density at radius 3 is 2.36 bits per heavy atom. The second-order valence-corrected chi connectivity index (χ2v) is 6.61. The van der Waals surface area contributed by atoms with Crippen LogP contribution in [0.5, 0.6) is 5.75 Å². The fourth-order valence-corrected chi connectivity index (χ4v) is 2.57. The minimum Gasteiger partial charge on any atom is -0.493 e. The summed E-state index contributed by atoms with van der Waals surface area (Å²) in [5.74, 6) is 0.270. The smallest absolute Gasteiger partial charge is 0.255 e. The van der Waals surface area contributed by atoms with E-state index in [4.69, 9.17) is 4.74 Å². The van der Waals surface area contributed by atoms with Gasteiger partial charge in [0.1, 0.15) is 5.75 Å². The van der Waals surface area contributed by atoms with Crippen LogP contribution in [0.4, 0.5) is 11.4 Å². The number of amides is 2. The zero-order valence-electron chi connectivity index (χ0n) is 14.4. The summed E-state index contributed by atoms with van der Waals surface area (Å²) in [6.45, 7) is 6.10. The third-order valence-corrected chi connectivity index (χ3v) is 4.03. The molecule has 0 fully saturated rings. The molecule has 6 heteroatoms. The lowest BCUT2D eigenvalue weighted by Gasteiger charge is -2.11. The van der Waals surface area contributed by atoms with Crippen LogP contribution in [0.25, 0.3) is 0 Å². The van der Waals surface area contributed by atoms with E-state index in [2.05, 4.69) is 26.6 Å². The molecule has 25 heavy (non-hydrogen) atoms. The van der Waals surface area contributed by atoms with Gasteiger partial charge >= 0.3 is 0 Å². The van der Waals surface area contributed by atoms with Gasteiger partial charge < -0.3 is 15.4 Å². The van der Waals surface area contributed by atoms with Gasteiger partial charge in [-0.1, -0.05) is 19.9 Å². The van der Waals surface area contributed by atoms with Crippen LogP contribution in [0.2, 0.25) is 0 Å². The van der Waals surface area contributed by atoms with Crippen LogP contribution in [0.1, 0.15) is 31.1 Å². The normalized spacial score (nSPS) is 10.4. The second-order valence-electron chi connectivity index (χ2n) is 5.76. The van der Waals surface area contributed by atoms with Crippen molar-refractivity contribution in [2.45, 2.75) is 20.8 Å². The van der Waals surface area contributed by atoms with Crippen molar-refractivity contribution in [1.29, 1.82) is 0 Å². The third kappa shape index (κ3) is 5.32. The van der Waals surface area contributed by atoms with Crippen molar-refractivity contribution >= 4 is 39.1 Å². The van der Waals surface area contributed by atoms with Gasteiger partial charge in [0.25, 0.3) is 5.91 Å². The topological polar surface area (TPSA) is 67.4 Å². The van der Waals surface area contributed by atoms with E-state index < -0.39 is 0 Å². The SMILES string of the molecule is CCOc1ccc(C(=O)Nc2cccc(NC(=O)C(C)C)c2)cc1Br. The molecule has 2 N–H and O–H groups in total. The van der Waals surface area contributed by atoms with E-state index in [1.165, 1.54) is 0 Å². The zero-order chi connectivity index (χ0) is 18.4. The monoisotopic (exact) mass is 404 g/mol. The molecule has 2 amide bonds. The summed E-state index contributed by atoms with van der Waals surface area (Å²) in [7, 11) is 0. The molecule has 0 spiro atoms. The minimum atomic E-state index is -0.240. The predicted octanol–water partition coefficient (Wildman–Crippen LogP) is 4.69. The van der Waals surface area contributed by atoms with E-state index in [0.29, 0.717) is 29.3 Å². The van der Waals surface area contributed by atoms with Crippen molar-refractivity contribution < 1.29 is 14.3 Å². The van der Waals surface area contributed by atoms with E-state index >= 15 is 0 Å². The highest BCUT2D eigenvalue weighted by molar-refractivity contribution is 9.10. The predicted molar refractivity (Wildman–Crippen MR) is 103 cm³/mol. The first-order valence-electron chi connectivity index (χ1n) is 8.05. The lowest BCUT2D eigenvalue weighted by atomic mass is 10.2. The Bertz CT molecular complexity index is 775. The Morgan fingerprint density at radius 1 is 1.08 bits per heavy atom. The van der Waals surface area contributed by atoms with Crippen LogP contribution in [0.15, 0.2) is 46.9 Å². The quantitative estimate of drug-likeness (QED) is 0.733. The van der Waals surface area contributed by atoms with E-state index in [9.17, 15) is 9.59 Å². The molecule has 2 rings (SSSR count). The molecular formula is C19H21BrN2O3. The van der Waals surface area contributed by atoms with Gasteiger partial charge in [0.2, 0.25) is 5.91 Å². The number of hydrogen-bond donors (Lipinski definition) is 2. The Morgan fingerprint density at radius 2 is 1.76 bits per heavy atom. The average Bonchev–Trinajstić information content (AvgIpc) is 2.57. The van der Waals surface area contributed by atoms with Crippen LogP contribution in [-0.4, -0.2) is 18.4 Å². The number of carbonyl (C=O) groups is 2. The number of anilines is 2. The molecule has 0 aliphatic heterocycles. The molecule has 0 saturated carbocycles. The van der Waals surface area contributed by atoms with Crippen LogP contribution < -0.4 is 15.4 Å². The number of ether oxygens (including phenoxy) is 1. The number of nitrogens with one attached hydrogen (secondary N) is 2. The first-order chi connectivity index (χ1) is 11.9. The summed E-state index contributed by atoms with van der Waals surface area (Å²) in [5, 5.41) is 5.64. The van der Waals surface area contributed by atoms with Gasteiger partial charge in [0.15, 0.2) is 0 Å². The number of carbonyl (C=O) groups excluding carboxylic acids is 2. The van der Waals surface area contributed by atoms with E-state index in [-0.39, 0.29) is 17.7 Å². The van der Waals surface area contributed by atoms with Gasteiger partial charge in [-0.2, -0.15) is 0 Å². The van der Waals surface area contributed by atoms with Gasteiger partial charge in [-0.05, 0) is 59.3 Å². The molecular weight excluding hydrogens is 384 g/mol. The van der Waals surface area contributed by atoms with E-state index in [0.717, 1.165) is 4.47 Å². The van der Waals surface area contributed by atoms with Crippen LogP contribution in [-0.2, 0) is 4.79 Å². The first-order valence-corrected chi connectivity index (χ1v) is 8.84. The van der Waals surface area contributed by atoms with Gasteiger partial charge in [-0.3, -0.25) is 9.59 Å². The molecule has 0 aromatic heterocycles. The highest BCUT2D eigenvalue weighted by Gasteiger charge is 2.11. The number of halogens is 1. The largest absolute Gasteiger partial charge is 0.493 e. The molecule has 5 nitrogen and oxygen atoms in total. The third-order valence-electron chi connectivity index (χ3n) is 3.41. The molecule has 132 valence electrons. The summed E-state index contributed by atoms with van der Waals surface area (Å²) >= 11 is 3.40. The molecule has 0 bridgehead atoms.